The summed E-state index contributed by atoms with van der Waals surface area (Å²) >= 11 is 1.31. The molecule has 1 aliphatic rings. The number of esters is 1. The minimum absolute atomic E-state index is 0.125. The first-order valence-electron chi connectivity index (χ1n) is 11.8. The second kappa shape index (κ2) is 16.6. The maximum absolute atomic E-state index is 12.6. The van der Waals surface area contributed by atoms with E-state index < -0.39 is 29.8 Å². The molecule has 2 aromatic rings. The maximum Gasteiger partial charge on any atom is 0.414 e. The van der Waals surface area contributed by atoms with Gasteiger partial charge in [-0.05, 0) is 32.5 Å². The van der Waals surface area contributed by atoms with Gasteiger partial charge in [-0.25, -0.2) is 24.0 Å². The van der Waals surface area contributed by atoms with Crippen molar-refractivity contribution in [1.29, 1.82) is 0 Å². The normalized spacial score (nSPS) is 13.1. The standard InChI is InChI=1S/C20H27N3O4S.2C2H2O4/c1-4-22-8-10-23(11-9-22)12-17(24)21-19-18(20(25)26-5-2)15(13-28-19)16-7-6-14(3)27-16;2*3-1(4)2(5)6/h6-7,13H,4-5,8-12H2,1-3H3,(H,21,24);2*(H,3,4)(H,5,6). The maximum atomic E-state index is 12.6. The third kappa shape index (κ3) is 11.2. The van der Waals surface area contributed by atoms with E-state index in [2.05, 4.69) is 22.0 Å². The highest BCUT2D eigenvalue weighted by Crippen LogP contribution is 2.37. The Hall–Kier alpha value is -4.28. The van der Waals surface area contributed by atoms with Gasteiger partial charge in [0.2, 0.25) is 5.91 Å². The van der Waals surface area contributed by atoms with Crippen LogP contribution in [0.25, 0.3) is 11.3 Å². The van der Waals surface area contributed by atoms with E-state index in [-0.39, 0.29) is 12.5 Å². The van der Waals surface area contributed by atoms with Crippen molar-refractivity contribution in [1.82, 2.24) is 9.80 Å². The van der Waals surface area contributed by atoms with Crippen LogP contribution in [-0.2, 0) is 28.7 Å². The molecular formula is C24H31N3O12S. The third-order valence-corrected chi connectivity index (χ3v) is 6.07. The molecule has 0 aliphatic carbocycles. The molecule has 0 radical (unpaired) electrons. The quantitative estimate of drug-likeness (QED) is 0.229. The molecule has 1 amide bonds. The molecule has 1 aliphatic heterocycles. The Morgan fingerprint density at radius 2 is 1.43 bits per heavy atom. The highest BCUT2D eigenvalue weighted by atomic mass is 32.1. The fraction of sp³-hybridized carbons (Fsp3) is 0.417. The smallest absolute Gasteiger partial charge is 0.414 e. The predicted molar refractivity (Wildman–Crippen MR) is 140 cm³/mol. The van der Waals surface area contributed by atoms with Crippen LogP contribution in [0.4, 0.5) is 5.00 Å². The van der Waals surface area contributed by atoms with Crippen molar-refractivity contribution < 1.29 is 58.3 Å². The molecule has 2 aromatic heterocycles. The van der Waals surface area contributed by atoms with Gasteiger partial charge in [0.1, 0.15) is 22.1 Å². The van der Waals surface area contributed by atoms with E-state index in [4.69, 9.17) is 48.8 Å². The number of aliphatic carboxylic acids is 4. The Kier molecular flexibility index (Phi) is 14.0. The number of piperazine rings is 1. The molecule has 1 saturated heterocycles. The monoisotopic (exact) mass is 585 g/mol. The Morgan fingerprint density at radius 1 is 0.900 bits per heavy atom. The third-order valence-electron chi connectivity index (χ3n) is 5.17. The Morgan fingerprint density at radius 3 is 1.85 bits per heavy atom. The van der Waals surface area contributed by atoms with Crippen molar-refractivity contribution in [3.8, 4) is 11.3 Å². The Balaban J connectivity index is 0.000000559. The number of anilines is 1. The summed E-state index contributed by atoms with van der Waals surface area (Å²) in [6.45, 7) is 11.0. The number of carboxylic acids is 4. The highest BCUT2D eigenvalue weighted by Gasteiger charge is 2.25. The van der Waals surface area contributed by atoms with Crippen molar-refractivity contribution >= 4 is 52.1 Å². The number of ether oxygens (including phenoxy) is 1. The lowest BCUT2D eigenvalue weighted by Gasteiger charge is -2.33. The highest BCUT2D eigenvalue weighted by molar-refractivity contribution is 7.15. The molecule has 3 heterocycles. The van der Waals surface area contributed by atoms with Crippen LogP contribution in [0.1, 0.15) is 30.0 Å². The van der Waals surface area contributed by atoms with E-state index in [1.165, 1.54) is 11.3 Å². The first-order valence-corrected chi connectivity index (χ1v) is 12.7. The summed E-state index contributed by atoms with van der Waals surface area (Å²) in [6.07, 6.45) is 0. The van der Waals surface area contributed by atoms with Gasteiger partial charge in [-0.1, -0.05) is 6.92 Å². The van der Waals surface area contributed by atoms with Crippen LogP contribution in [0, 0.1) is 6.92 Å². The van der Waals surface area contributed by atoms with Gasteiger partial charge in [0, 0.05) is 37.1 Å². The summed E-state index contributed by atoms with van der Waals surface area (Å²) in [5, 5.41) is 34.8. The molecule has 0 unspecified atom stereocenters. The van der Waals surface area contributed by atoms with Crippen molar-refractivity contribution in [2.24, 2.45) is 0 Å². The first kappa shape index (κ1) is 33.7. The van der Waals surface area contributed by atoms with Crippen molar-refractivity contribution in [3.05, 3.63) is 28.8 Å². The van der Waals surface area contributed by atoms with Crippen LogP contribution in [0.2, 0.25) is 0 Å². The van der Waals surface area contributed by atoms with Crippen LogP contribution in [-0.4, -0.2) is 112 Å². The largest absolute Gasteiger partial charge is 0.473 e. The van der Waals surface area contributed by atoms with Gasteiger partial charge in [0.25, 0.3) is 0 Å². The van der Waals surface area contributed by atoms with Crippen LogP contribution in [0.3, 0.4) is 0 Å². The molecule has 16 heteroatoms. The number of furan rings is 1. The topological polar surface area (TPSA) is 224 Å². The summed E-state index contributed by atoms with van der Waals surface area (Å²) in [4.78, 5) is 66.0. The average Bonchev–Trinajstić information content (AvgIpc) is 3.51. The zero-order valence-corrected chi connectivity index (χ0v) is 22.9. The minimum atomic E-state index is -1.82. The zero-order valence-electron chi connectivity index (χ0n) is 22.0. The Bertz CT molecular complexity index is 1150. The van der Waals surface area contributed by atoms with Crippen LogP contribution in [0.5, 0.6) is 0 Å². The molecule has 0 saturated carbocycles. The molecule has 15 nitrogen and oxygen atoms in total. The molecule has 1 fully saturated rings. The number of hydrogen-bond acceptors (Lipinski definition) is 11. The van der Waals surface area contributed by atoms with E-state index in [0.717, 1.165) is 38.5 Å². The molecule has 5 N–H and O–H groups in total. The average molecular weight is 586 g/mol. The summed E-state index contributed by atoms with van der Waals surface area (Å²) < 4.78 is 10.9. The van der Waals surface area contributed by atoms with Crippen molar-refractivity contribution in [3.63, 3.8) is 0 Å². The van der Waals surface area contributed by atoms with Gasteiger partial charge in [0.05, 0.1) is 13.2 Å². The SMILES string of the molecule is CCOC(=O)c1c(-c2ccc(C)o2)csc1NC(=O)CN1CCN(CC)CC1.O=C(O)C(=O)O.O=C(O)C(=O)O. The van der Waals surface area contributed by atoms with Gasteiger partial charge in [-0.2, -0.15) is 0 Å². The number of likely N-dealkylation sites (N-methyl/N-ethyl adjacent to an activating group) is 1. The number of amides is 1. The zero-order chi connectivity index (χ0) is 30.4. The predicted octanol–water partition coefficient (Wildman–Crippen LogP) is 1.38. The second-order valence-electron chi connectivity index (χ2n) is 7.96. The molecule has 0 spiro atoms. The van der Waals surface area contributed by atoms with Crippen molar-refractivity contribution in [2.75, 3.05) is 51.2 Å². The van der Waals surface area contributed by atoms with E-state index >= 15 is 0 Å². The fourth-order valence-electron chi connectivity index (χ4n) is 3.25. The van der Waals surface area contributed by atoms with Crippen molar-refractivity contribution in [2.45, 2.75) is 20.8 Å². The summed E-state index contributed by atoms with van der Waals surface area (Å²) in [5.74, 6) is -6.53. The first-order chi connectivity index (χ1) is 18.8. The van der Waals surface area contributed by atoms with Crippen LogP contribution in [0.15, 0.2) is 21.9 Å². The van der Waals surface area contributed by atoms with E-state index in [9.17, 15) is 9.59 Å². The number of carbonyl (C=O) groups excluding carboxylic acids is 2. The molecule has 220 valence electrons. The van der Waals surface area contributed by atoms with Gasteiger partial charge in [0.15, 0.2) is 0 Å². The Labute approximate surface area is 232 Å². The lowest BCUT2D eigenvalue weighted by atomic mass is 10.1. The number of aryl methyl sites for hydroxylation is 1. The number of hydrogen-bond donors (Lipinski definition) is 5. The van der Waals surface area contributed by atoms with E-state index in [0.29, 0.717) is 28.4 Å². The summed E-state index contributed by atoms with van der Waals surface area (Å²) in [5.41, 5.74) is 0.994. The van der Waals surface area contributed by atoms with Crippen LogP contribution >= 0.6 is 11.3 Å². The number of carbonyl (C=O) groups is 6. The molecular weight excluding hydrogens is 554 g/mol. The van der Waals surface area contributed by atoms with E-state index in [1.807, 2.05) is 24.4 Å². The van der Waals surface area contributed by atoms with Crippen LogP contribution < -0.4 is 5.32 Å². The molecule has 0 aromatic carbocycles. The molecule has 40 heavy (non-hydrogen) atoms. The number of nitrogens with zero attached hydrogens (tertiary/aromatic N) is 2. The minimum Gasteiger partial charge on any atom is -0.473 e. The van der Waals surface area contributed by atoms with Gasteiger partial charge in [-0.15, -0.1) is 11.3 Å². The second-order valence-corrected chi connectivity index (χ2v) is 8.84. The molecule has 0 atom stereocenters. The lowest BCUT2D eigenvalue weighted by Crippen LogP contribution is -2.48. The van der Waals surface area contributed by atoms with Gasteiger partial charge >= 0.3 is 29.8 Å². The lowest BCUT2D eigenvalue weighted by molar-refractivity contribution is -0.159. The van der Waals surface area contributed by atoms with Gasteiger partial charge in [-0.3, -0.25) is 9.69 Å². The summed E-state index contributed by atoms with van der Waals surface area (Å²) in [6, 6.07) is 3.66. The van der Waals surface area contributed by atoms with Gasteiger partial charge < -0.3 is 39.8 Å². The number of nitrogens with one attached hydrogen (secondary N) is 1. The number of carboxylic acid groups (broad SMARTS) is 4. The fourth-order valence-corrected chi connectivity index (χ4v) is 4.20. The molecule has 0 bridgehead atoms. The van der Waals surface area contributed by atoms with E-state index in [1.54, 1.807) is 6.92 Å². The number of rotatable bonds is 7. The summed E-state index contributed by atoms with van der Waals surface area (Å²) in [7, 11) is 0. The molecule has 3 rings (SSSR count). The number of thiophene rings is 1.